The second kappa shape index (κ2) is 34.8. The van der Waals surface area contributed by atoms with Crippen LogP contribution in [0.4, 0.5) is 18.8 Å². The van der Waals surface area contributed by atoms with Crippen molar-refractivity contribution < 1.29 is 28.7 Å². The Morgan fingerprint density at radius 2 is 1.12 bits per heavy atom. The second-order valence-electron chi connectivity index (χ2n) is 0.519. The van der Waals surface area contributed by atoms with Crippen molar-refractivity contribution in [2.24, 2.45) is 0 Å². The van der Waals surface area contributed by atoms with Crippen LogP contribution in [0.3, 0.4) is 0 Å². The number of carboxylic acid groups (broad SMARTS) is 1. The lowest BCUT2D eigenvalue weighted by Gasteiger charge is -1.59. The topological polar surface area (TPSA) is 37.3 Å². The number of carboxylic acids is 1. The molecule has 8 heavy (non-hydrogen) atoms. The molecule has 6 heteroatoms. The number of hydrogen-bond acceptors (Lipinski definition) is 1. The first kappa shape index (κ1) is 57.4. The van der Waals surface area contributed by atoms with Gasteiger partial charge in [0.05, 0.1) is 0 Å². The van der Waals surface area contributed by atoms with E-state index in [0.29, 0.717) is 0 Å². The fourth-order valence-corrected chi connectivity index (χ4v) is 0. The normalized spacial score (nSPS) is 3.12. The van der Waals surface area contributed by atoms with Crippen LogP contribution in [0, 0.1) is 0 Å². The fraction of sp³-hybridized carbons (Fsp3) is 0.500. The third-order valence-corrected chi connectivity index (χ3v) is 0. The third-order valence-electron chi connectivity index (χ3n) is 0. The van der Waals surface area contributed by atoms with Crippen LogP contribution in [0.1, 0.15) is 6.92 Å². The zero-order valence-electron chi connectivity index (χ0n) is 3.99. The van der Waals surface area contributed by atoms with Crippen molar-refractivity contribution in [2.75, 3.05) is 0 Å². The van der Waals surface area contributed by atoms with Crippen molar-refractivity contribution >= 4 is 5.97 Å². The molecule has 56 valence electrons. The summed E-state index contributed by atoms with van der Waals surface area (Å²) >= 11 is 0. The van der Waals surface area contributed by atoms with Gasteiger partial charge in [-0.2, -0.15) is 0 Å². The maximum absolute atomic E-state index is 9.00. The van der Waals surface area contributed by atoms with Gasteiger partial charge in [-0.15, -0.1) is 0 Å². The third kappa shape index (κ3) is 139. The monoisotopic (exact) mass is 140 g/mol. The molecule has 2 nitrogen and oxygen atoms in total. The minimum atomic E-state index is -0.833. The van der Waals surface area contributed by atoms with Gasteiger partial charge in [-0.25, -0.2) is 0 Å². The first-order valence-electron chi connectivity index (χ1n) is 0.928. The fourth-order valence-electron chi connectivity index (χ4n) is 0. The molecule has 0 spiro atoms. The predicted octanol–water partition coefficient (Wildman–Crippen LogP) is 0.701. The van der Waals surface area contributed by atoms with Crippen LogP contribution in [-0.2, 0) is 4.79 Å². The zero-order valence-corrected chi connectivity index (χ0v) is 3.99. The highest BCUT2D eigenvalue weighted by Gasteiger charge is 1.65. The summed E-state index contributed by atoms with van der Waals surface area (Å²) in [5.41, 5.74) is 0. The van der Waals surface area contributed by atoms with Crippen LogP contribution in [0.5, 0.6) is 0 Å². The molecule has 0 aromatic carbocycles. The van der Waals surface area contributed by atoms with Gasteiger partial charge in [0.25, 0.3) is 5.97 Å². The van der Waals surface area contributed by atoms with Crippen molar-refractivity contribution in [3.8, 4) is 0 Å². The molecule has 0 saturated heterocycles. The standard InChI is InChI=1S/C2H4O2.4FH/c1-2(3)4;;;;/h1H3,(H,3,4);4*1H. The van der Waals surface area contributed by atoms with Gasteiger partial charge in [0.2, 0.25) is 0 Å². The molecule has 0 aromatic heterocycles. The number of halogens is 4. The Bertz CT molecular complexity index is 35.0. The van der Waals surface area contributed by atoms with Gasteiger partial charge < -0.3 is 5.11 Å². The molecule has 0 saturated carbocycles. The molecular weight excluding hydrogens is 132 g/mol. The number of hydrogen-bond donors (Lipinski definition) is 1. The molecule has 0 bridgehead atoms. The van der Waals surface area contributed by atoms with Gasteiger partial charge in [0, 0.05) is 6.92 Å². The van der Waals surface area contributed by atoms with Gasteiger partial charge in [0.15, 0.2) is 0 Å². The Morgan fingerprint density at radius 1 is 1.12 bits per heavy atom. The molecule has 0 aromatic rings. The Labute approximate surface area is 43.0 Å². The van der Waals surface area contributed by atoms with Crippen molar-refractivity contribution in [3.05, 3.63) is 0 Å². The summed E-state index contributed by atoms with van der Waals surface area (Å²) in [5.74, 6) is -0.833. The predicted molar refractivity (Wildman–Crippen MR) is 23.3 cm³/mol. The largest absolute Gasteiger partial charge is 0.481 e. The van der Waals surface area contributed by atoms with Gasteiger partial charge in [-0.05, 0) is 0 Å². The Kier molecular flexibility index (Phi) is 250. The van der Waals surface area contributed by atoms with Crippen molar-refractivity contribution in [1.29, 1.82) is 0 Å². The molecular formula is C2H8F4O2. The van der Waals surface area contributed by atoms with Gasteiger partial charge >= 0.3 is 0 Å². The van der Waals surface area contributed by atoms with Crippen LogP contribution in [0.15, 0.2) is 0 Å². The molecule has 0 amide bonds. The van der Waals surface area contributed by atoms with Crippen LogP contribution in [0.25, 0.3) is 0 Å². The Balaban J connectivity index is -0.00000000750. The van der Waals surface area contributed by atoms with Crippen molar-refractivity contribution in [3.63, 3.8) is 0 Å². The van der Waals surface area contributed by atoms with E-state index >= 15 is 0 Å². The molecule has 0 aliphatic heterocycles. The van der Waals surface area contributed by atoms with Crippen molar-refractivity contribution in [1.82, 2.24) is 0 Å². The van der Waals surface area contributed by atoms with Crippen LogP contribution < -0.4 is 0 Å². The maximum Gasteiger partial charge on any atom is 0.300 e. The highest BCUT2D eigenvalue weighted by molar-refractivity contribution is 5.62. The lowest BCUT2D eigenvalue weighted by Crippen LogP contribution is -1.78. The van der Waals surface area contributed by atoms with E-state index in [-0.39, 0.29) is 18.8 Å². The molecule has 0 aliphatic carbocycles. The Hall–Kier alpha value is -0.810. The van der Waals surface area contributed by atoms with E-state index in [0.717, 1.165) is 6.92 Å². The van der Waals surface area contributed by atoms with Gasteiger partial charge in [-0.1, -0.05) is 0 Å². The summed E-state index contributed by atoms with van der Waals surface area (Å²) in [6.07, 6.45) is 0. The second-order valence-corrected chi connectivity index (χ2v) is 0.519. The van der Waals surface area contributed by atoms with E-state index in [1.807, 2.05) is 0 Å². The van der Waals surface area contributed by atoms with Crippen LogP contribution in [-0.4, -0.2) is 11.1 Å². The van der Waals surface area contributed by atoms with E-state index in [2.05, 4.69) is 0 Å². The lowest BCUT2D eigenvalue weighted by atomic mass is 10.9. The molecule has 0 aliphatic rings. The quantitative estimate of drug-likeness (QED) is 0.503. The summed E-state index contributed by atoms with van der Waals surface area (Å²) in [4.78, 5) is 9.00. The van der Waals surface area contributed by atoms with Gasteiger partial charge in [0.1, 0.15) is 0 Å². The minimum absolute atomic E-state index is 0. The van der Waals surface area contributed by atoms with E-state index in [9.17, 15) is 0 Å². The number of rotatable bonds is 0. The van der Waals surface area contributed by atoms with E-state index < -0.39 is 5.97 Å². The molecule has 0 atom stereocenters. The number of carbonyl (C=O) groups is 1. The number of aliphatic carboxylic acids is 1. The first-order valence-corrected chi connectivity index (χ1v) is 0.928. The molecule has 1 N–H and O–H groups in total. The zero-order chi connectivity index (χ0) is 3.58. The SMILES string of the molecule is CC(=O)O.F.F.F.F. The molecule has 0 unspecified atom stereocenters. The smallest absolute Gasteiger partial charge is 0.300 e. The van der Waals surface area contributed by atoms with Crippen LogP contribution in [0.2, 0.25) is 0 Å². The van der Waals surface area contributed by atoms with E-state index in [1.54, 1.807) is 0 Å². The lowest BCUT2D eigenvalue weighted by molar-refractivity contribution is -0.134. The minimum Gasteiger partial charge on any atom is -0.481 e. The van der Waals surface area contributed by atoms with Crippen molar-refractivity contribution in [2.45, 2.75) is 6.92 Å². The highest BCUT2D eigenvalue weighted by Crippen LogP contribution is 1.42. The van der Waals surface area contributed by atoms with E-state index in [4.69, 9.17) is 9.90 Å². The van der Waals surface area contributed by atoms with E-state index in [1.165, 1.54) is 0 Å². The average molecular weight is 140 g/mol. The average Bonchev–Trinajstić information content (AvgIpc) is 0.811. The summed E-state index contributed by atoms with van der Waals surface area (Å²) < 4.78 is 0. The van der Waals surface area contributed by atoms with Crippen LogP contribution >= 0.6 is 0 Å². The molecule has 0 heterocycles. The summed E-state index contributed by atoms with van der Waals surface area (Å²) in [7, 11) is 0. The molecule has 0 rings (SSSR count). The summed E-state index contributed by atoms with van der Waals surface area (Å²) in [5, 5.41) is 7.42. The first-order chi connectivity index (χ1) is 1.73. The molecule has 0 radical (unpaired) electrons. The molecule has 0 fully saturated rings. The van der Waals surface area contributed by atoms with Gasteiger partial charge in [-0.3, -0.25) is 23.6 Å². The summed E-state index contributed by atoms with van der Waals surface area (Å²) in [6.45, 7) is 1.08. The maximum atomic E-state index is 9.00. The summed E-state index contributed by atoms with van der Waals surface area (Å²) in [6, 6.07) is 0. The Morgan fingerprint density at radius 3 is 1.12 bits per heavy atom. The highest BCUT2D eigenvalue weighted by atomic mass is 19.0.